The first-order chi connectivity index (χ1) is 7.77. The van der Waals surface area contributed by atoms with E-state index in [0.29, 0.717) is 12.1 Å². The molecule has 1 heterocycles. The normalized spacial score (nSPS) is 9.50. The average molecular weight is 218 g/mol. The number of carbonyl (C=O) groups is 1. The predicted molar refractivity (Wildman–Crippen MR) is 58.5 cm³/mol. The predicted octanol–water partition coefficient (Wildman–Crippen LogP) is 1.84. The molecule has 1 aromatic rings. The monoisotopic (exact) mass is 218 g/mol. The molecule has 0 radical (unpaired) electrons. The van der Waals surface area contributed by atoms with Gasteiger partial charge in [-0.15, -0.1) is 0 Å². The fourth-order valence-electron chi connectivity index (χ4n) is 1.43. The van der Waals surface area contributed by atoms with E-state index in [1.165, 1.54) is 7.11 Å². The first kappa shape index (κ1) is 12.2. The molecule has 1 aromatic heterocycles. The zero-order chi connectivity index (χ0) is 11.8. The second-order valence-corrected chi connectivity index (χ2v) is 3.41. The van der Waals surface area contributed by atoms with Gasteiger partial charge >= 0.3 is 5.97 Å². The van der Waals surface area contributed by atoms with Crippen LogP contribution in [-0.2, 0) is 16.0 Å². The van der Waals surface area contributed by atoms with Crippen LogP contribution in [0.1, 0.15) is 30.5 Å². The molecule has 0 aliphatic carbocycles. The highest BCUT2D eigenvalue weighted by Gasteiger charge is 2.03. The van der Waals surface area contributed by atoms with E-state index in [4.69, 9.17) is 5.26 Å². The van der Waals surface area contributed by atoms with Crippen molar-refractivity contribution in [2.45, 2.75) is 25.7 Å². The molecule has 4 nitrogen and oxygen atoms in total. The van der Waals surface area contributed by atoms with Crippen molar-refractivity contribution < 1.29 is 9.53 Å². The van der Waals surface area contributed by atoms with Gasteiger partial charge in [0.05, 0.1) is 7.11 Å². The van der Waals surface area contributed by atoms with Gasteiger partial charge in [-0.1, -0.05) is 6.07 Å². The number of unbranched alkanes of at least 4 members (excludes halogenated alkanes) is 1. The van der Waals surface area contributed by atoms with Crippen LogP contribution in [0.15, 0.2) is 18.3 Å². The van der Waals surface area contributed by atoms with Crippen LogP contribution in [-0.4, -0.2) is 18.1 Å². The lowest BCUT2D eigenvalue weighted by Crippen LogP contribution is -2.00. The Kier molecular flexibility index (Phi) is 5.00. The van der Waals surface area contributed by atoms with Gasteiger partial charge < -0.3 is 4.74 Å². The van der Waals surface area contributed by atoms with E-state index in [-0.39, 0.29) is 5.97 Å². The minimum Gasteiger partial charge on any atom is -0.469 e. The maximum Gasteiger partial charge on any atom is 0.305 e. The van der Waals surface area contributed by atoms with Crippen molar-refractivity contribution in [1.82, 2.24) is 4.98 Å². The van der Waals surface area contributed by atoms with Gasteiger partial charge in [0.1, 0.15) is 11.8 Å². The van der Waals surface area contributed by atoms with E-state index in [2.05, 4.69) is 15.8 Å². The van der Waals surface area contributed by atoms with Gasteiger partial charge in [-0.3, -0.25) is 4.79 Å². The molecule has 16 heavy (non-hydrogen) atoms. The molecule has 0 aliphatic heterocycles. The molecule has 0 aliphatic rings. The number of aryl methyl sites for hydroxylation is 1. The summed E-state index contributed by atoms with van der Waals surface area (Å²) >= 11 is 0. The van der Waals surface area contributed by atoms with Crippen molar-refractivity contribution in [3.63, 3.8) is 0 Å². The fraction of sp³-hybridized carbons (Fsp3) is 0.417. The Labute approximate surface area is 94.9 Å². The van der Waals surface area contributed by atoms with Crippen LogP contribution in [0, 0.1) is 11.3 Å². The number of aromatic nitrogens is 1. The summed E-state index contributed by atoms with van der Waals surface area (Å²) in [5, 5.41) is 8.81. The third-order valence-electron chi connectivity index (χ3n) is 2.30. The number of nitriles is 1. The smallest absolute Gasteiger partial charge is 0.305 e. The summed E-state index contributed by atoms with van der Waals surface area (Å²) in [5.41, 5.74) is 1.41. The van der Waals surface area contributed by atoms with E-state index in [9.17, 15) is 4.79 Å². The molecule has 0 spiro atoms. The fourth-order valence-corrected chi connectivity index (χ4v) is 1.43. The molecule has 0 atom stereocenters. The summed E-state index contributed by atoms with van der Waals surface area (Å²) in [5.74, 6) is -0.188. The van der Waals surface area contributed by atoms with E-state index in [1.807, 2.05) is 12.1 Å². The summed E-state index contributed by atoms with van der Waals surface area (Å²) in [7, 11) is 1.39. The Morgan fingerprint density at radius 2 is 2.38 bits per heavy atom. The third-order valence-corrected chi connectivity index (χ3v) is 2.30. The largest absolute Gasteiger partial charge is 0.469 e. The topological polar surface area (TPSA) is 63.0 Å². The van der Waals surface area contributed by atoms with Gasteiger partial charge in [-0.25, -0.2) is 4.98 Å². The summed E-state index contributed by atoms with van der Waals surface area (Å²) in [6.07, 6.45) is 4.44. The van der Waals surface area contributed by atoms with E-state index < -0.39 is 0 Å². The number of nitrogens with zero attached hydrogens (tertiary/aromatic N) is 2. The Bertz CT molecular complexity index is 396. The highest BCUT2D eigenvalue weighted by Crippen LogP contribution is 2.09. The molecule has 0 aromatic carbocycles. The molecule has 84 valence electrons. The van der Waals surface area contributed by atoms with Gasteiger partial charge in [0, 0.05) is 12.6 Å². The van der Waals surface area contributed by atoms with Crippen LogP contribution >= 0.6 is 0 Å². The Morgan fingerprint density at radius 1 is 1.56 bits per heavy atom. The lowest BCUT2D eigenvalue weighted by atomic mass is 10.1. The Hall–Kier alpha value is -1.89. The molecule has 0 saturated carbocycles. The van der Waals surface area contributed by atoms with Crippen molar-refractivity contribution in [3.05, 3.63) is 29.6 Å². The number of rotatable bonds is 5. The first-order valence-electron chi connectivity index (χ1n) is 5.18. The second-order valence-electron chi connectivity index (χ2n) is 3.41. The van der Waals surface area contributed by atoms with E-state index in [1.54, 1.807) is 6.20 Å². The number of methoxy groups -OCH3 is 1. The standard InChI is InChI=1S/C12H14N2O2/c1-16-12(15)7-3-2-5-10-6-4-8-14-11(10)9-13/h4,6,8H,2-3,5,7H2,1H3. The Morgan fingerprint density at radius 3 is 3.06 bits per heavy atom. The van der Waals surface area contributed by atoms with Crippen molar-refractivity contribution in [2.75, 3.05) is 7.11 Å². The van der Waals surface area contributed by atoms with Crippen LogP contribution < -0.4 is 0 Å². The molecule has 0 saturated heterocycles. The number of pyridine rings is 1. The van der Waals surface area contributed by atoms with Crippen molar-refractivity contribution in [2.24, 2.45) is 0 Å². The van der Waals surface area contributed by atoms with Crippen LogP contribution in [0.4, 0.5) is 0 Å². The van der Waals surface area contributed by atoms with Crippen molar-refractivity contribution in [1.29, 1.82) is 5.26 Å². The Balaban J connectivity index is 2.38. The van der Waals surface area contributed by atoms with Crippen LogP contribution in [0.2, 0.25) is 0 Å². The summed E-state index contributed by atoms with van der Waals surface area (Å²) in [6.45, 7) is 0. The maximum absolute atomic E-state index is 10.9. The maximum atomic E-state index is 10.9. The molecule has 0 fully saturated rings. The van der Waals surface area contributed by atoms with Gasteiger partial charge in [0.2, 0.25) is 0 Å². The van der Waals surface area contributed by atoms with Crippen molar-refractivity contribution >= 4 is 5.97 Å². The van der Waals surface area contributed by atoms with Crippen LogP contribution in [0.25, 0.3) is 0 Å². The molecule has 4 heteroatoms. The minimum atomic E-state index is -0.188. The molecular formula is C12H14N2O2. The zero-order valence-electron chi connectivity index (χ0n) is 9.27. The zero-order valence-corrected chi connectivity index (χ0v) is 9.27. The molecule has 0 bridgehead atoms. The number of carbonyl (C=O) groups excluding carboxylic acids is 1. The SMILES string of the molecule is COC(=O)CCCCc1cccnc1C#N. The minimum absolute atomic E-state index is 0.188. The molecule has 1 rings (SSSR count). The summed E-state index contributed by atoms with van der Waals surface area (Å²) in [4.78, 5) is 14.8. The summed E-state index contributed by atoms with van der Waals surface area (Å²) in [6, 6.07) is 5.76. The number of hydrogen-bond donors (Lipinski definition) is 0. The molecule has 0 unspecified atom stereocenters. The highest BCUT2D eigenvalue weighted by molar-refractivity contribution is 5.68. The van der Waals surface area contributed by atoms with Crippen LogP contribution in [0.5, 0.6) is 0 Å². The molecule has 0 N–H and O–H groups in total. The van der Waals surface area contributed by atoms with E-state index in [0.717, 1.165) is 24.8 Å². The van der Waals surface area contributed by atoms with Crippen molar-refractivity contribution in [3.8, 4) is 6.07 Å². The van der Waals surface area contributed by atoms with E-state index >= 15 is 0 Å². The molecular weight excluding hydrogens is 204 g/mol. The molecule has 0 amide bonds. The number of esters is 1. The second kappa shape index (κ2) is 6.57. The lowest BCUT2D eigenvalue weighted by Gasteiger charge is -2.02. The highest BCUT2D eigenvalue weighted by atomic mass is 16.5. The third kappa shape index (κ3) is 3.70. The summed E-state index contributed by atoms with van der Waals surface area (Å²) < 4.78 is 4.54. The van der Waals surface area contributed by atoms with Gasteiger partial charge in [-0.2, -0.15) is 5.26 Å². The van der Waals surface area contributed by atoms with Gasteiger partial charge in [-0.05, 0) is 30.9 Å². The van der Waals surface area contributed by atoms with Crippen LogP contribution in [0.3, 0.4) is 0 Å². The lowest BCUT2D eigenvalue weighted by molar-refractivity contribution is -0.140. The first-order valence-corrected chi connectivity index (χ1v) is 5.18. The van der Waals surface area contributed by atoms with Gasteiger partial charge in [0.25, 0.3) is 0 Å². The quantitative estimate of drug-likeness (QED) is 0.558. The number of ether oxygens (including phenoxy) is 1. The number of hydrogen-bond acceptors (Lipinski definition) is 4. The average Bonchev–Trinajstić information content (AvgIpc) is 2.34. The van der Waals surface area contributed by atoms with Gasteiger partial charge in [0.15, 0.2) is 0 Å².